The van der Waals surface area contributed by atoms with Crippen molar-refractivity contribution in [2.45, 2.75) is 0 Å². The lowest BCUT2D eigenvalue weighted by atomic mass is 10.2. The van der Waals surface area contributed by atoms with Crippen LogP contribution in [-0.2, 0) is 0 Å². The van der Waals surface area contributed by atoms with Gasteiger partial charge in [0.05, 0.1) is 25.6 Å². The van der Waals surface area contributed by atoms with Crippen LogP contribution in [0.25, 0.3) is 11.3 Å². The molecule has 30 heavy (non-hydrogen) atoms. The van der Waals surface area contributed by atoms with Crippen molar-refractivity contribution >= 4 is 44.5 Å². The summed E-state index contributed by atoms with van der Waals surface area (Å²) in [5.74, 6) is 0.972. The zero-order valence-electron chi connectivity index (χ0n) is 16.1. The Morgan fingerprint density at radius 3 is 2.67 bits per heavy atom. The summed E-state index contributed by atoms with van der Waals surface area (Å²) in [5.41, 5.74) is 2.67. The fourth-order valence-corrected chi connectivity index (χ4v) is 4.01. The molecule has 0 fully saturated rings. The molecule has 0 aliphatic rings. The number of carbonyl (C=O) groups is 1. The maximum atomic E-state index is 12.6. The smallest absolute Gasteiger partial charge is 0.276 e. The third-order valence-corrected chi connectivity index (χ3v) is 5.58. The van der Waals surface area contributed by atoms with Gasteiger partial charge < -0.3 is 14.8 Å². The molecule has 3 aromatic heterocycles. The van der Waals surface area contributed by atoms with Crippen LogP contribution in [0.1, 0.15) is 10.5 Å². The first kappa shape index (κ1) is 19.8. The van der Waals surface area contributed by atoms with Crippen LogP contribution in [0, 0.1) is 0 Å². The number of benzene rings is 1. The number of carbonyl (C=O) groups excluding carboxylic acids is 1. The molecule has 1 aromatic carbocycles. The van der Waals surface area contributed by atoms with E-state index in [1.54, 1.807) is 38.1 Å². The first-order valence-electron chi connectivity index (χ1n) is 8.78. The van der Waals surface area contributed by atoms with Gasteiger partial charge in [0.15, 0.2) is 10.3 Å². The van der Waals surface area contributed by atoms with Crippen LogP contribution in [-0.4, -0.2) is 35.1 Å². The lowest BCUT2D eigenvalue weighted by Gasteiger charge is -2.10. The minimum absolute atomic E-state index is 0.299. The highest BCUT2D eigenvalue weighted by molar-refractivity contribution is 7.14. The molecule has 0 saturated heterocycles. The first-order valence-corrected chi connectivity index (χ1v) is 10.5. The molecule has 1 amide bonds. The number of anilines is 3. The second-order valence-corrected chi connectivity index (χ2v) is 7.68. The van der Waals surface area contributed by atoms with Crippen molar-refractivity contribution in [2.75, 3.05) is 24.9 Å². The molecule has 0 aliphatic heterocycles. The van der Waals surface area contributed by atoms with Gasteiger partial charge in [0.25, 0.3) is 5.91 Å². The van der Waals surface area contributed by atoms with Gasteiger partial charge in [-0.05, 0) is 24.3 Å². The van der Waals surface area contributed by atoms with Gasteiger partial charge in [-0.25, -0.2) is 9.97 Å². The molecule has 0 radical (unpaired) electrons. The monoisotopic (exact) mass is 439 g/mol. The number of methoxy groups -OCH3 is 2. The van der Waals surface area contributed by atoms with E-state index in [0.29, 0.717) is 27.5 Å². The number of pyridine rings is 1. The normalized spacial score (nSPS) is 10.5. The summed E-state index contributed by atoms with van der Waals surface area (Å²) in [7, 11) is 3.17. The Bertz CT molecular complexity index is 1160. The van der Waals surface area contributed by atoms with Crippen LogP contribution in [0.2, 0.25) is 0 Å². The zero-order valence-corrected chi connectivity index (χ0v) is 17.7. The molecule has 10 heteroatoms. The molecule has 3 heterocycles. The van der Waals surface area contributed by atoms with E-state index in [9.17, 15) is 4.79 Å². The van der Waals surface area contributed by atoms with E-state index in [1.807, 2.05) is 29.6 Å². The molecule has 0 unspecified atom stereocenters. The molecule has 152 valence electrons. The zero-order chi connectivity index (χ0) is 20.9. The van der Waals surface area contributed by atoms with E-state index >= 15 is 0 Å². The maximum Gasteiger partial charge on any atom is 0.276 e. The van der Waals surface area contributed by atoms with Gasteiger partial charge in [-0.2, -0.15) is 0 Å². The van der Waals surface area contributed by atoms with Gasteiger partial charge in [-0.1, -0.05) is 0 Å². The minimum atomic E-state index is -0.326. The number of ether oxygens (including phenoxy) is 2. The Labute approximate surface area is 180 Å². The quantitative estimate of drug-likeness (QED) is 0.432. The van der Waals surface area contributed by atoms with Crippen molar-refractivity contribution in [1.29, 1.82) is 0 Å². The van der Waals surface area contributed by atoms with E-state index < -0.39 is 0 Å². The lowest BCUT2D eigenvalue weighted by molar-refractivity contribution is 0.102. The van der Waals surface area contributed by atoms with Crippen LogP contribution < -0.4 is 20.1 Å². The highest BCUT2D eigenvalue weighted by atomic mass is 32.1. The average Bonchev–Trinajstić information content (AvgIpc) is 3.44. The number of hydrogen-bond donors (Lipinski definition) is 2. The Kier molecular flexibility index (Phi) is 5.87. The van der Waals surface area contributed by atoms with Crippen LogP contribution in [0.15, 0.2) is 53.5 Å². The maximum absolute atomic E-state index is 12.6. The molecule has 0 bridgehead atoms. The number of rotatable bonds is 7. The first-order chi connectivity index (χ1) is 14.7. The molecular weight excluding hydrogens is 422 g/mol. The fourth-order valence-electron chi connectivity index (χ4n) is 2.59. The van der Waals surface area contributed by atoms with Gasteiger partial charge >= 0.3 is 0 Å². The van der Waals surface area contributed by atoms with Crippen molar-refractivity contribution in [1.82, 2.24) is 15.0 Å². The molecule has 0 atom stereocenters. The molecule has 4 rings (SSSR count). The number of aromatic nitrogens is 3. The van der Waals surface area contributed by atoms with Crippen molar-refractivity contribution < 1.29 is 14.3 Å². The van der Waals surface area contributed by atoms with Crippen molar-refractivity contribution in [2.24, 2.45) is 0 Å². The van der Waals surface area contributed by atoms with Gasteiger partial charge in [-0.15, -0.1) is 22.7 Å². The molecule has 8 nitrogen and oxygen atoms in total. The standard InChI is InChI=1S/C20H17N5O3S2/c1-27-13-5-6-14(17(8-13)28-2)22-19-24-16(11-30-19)18(26)25-20-23-15(10-29-20)12-4-3-7-21-9-12/h3-11H,1-2H3,(H,22,24)(H,23,25,26). The summed E-state index contributed by atoms with van der Waals surface area (Å²) < 4.78 is 10.6. The summed E-state index contributed by atoms with van der Waals surface area (Å²) in [4.78, 5) is 25.4. The summed E-state index contributed by atoms with van der Waals surface area (Å²) in [6, 6.07) is 9.17. The van der Waals surface area contributed by atoms with E-state index in [1.165, 1.54) is 22.7 Å². The van der Waals surface area contributed by atoms with Crippen LogP contribution in [0.5, 0.6) is 11.5 Å². The number of thiazole rings is 2. The van der Waals surface area contributed by atoms with E-state index in [0.717, 1.165) is 16.9 Å². The molecule has 0 spiro atoms. The molecule has 0 aliphatic carbocycles. The van der Waals surface area contributed by atoms with Crippen molar-refractivity contribution in [3.63, 3.8) is 0 Å². The van der Waals surface area contributed by atoms with Gasteiger partial charge in [0.1, 0.15) is 17.2 Å². The number of nitrogens with zero attached hydrogens (tertiary/aromatic N) is 3. The van der Waals surface area contributed by atoms with Gasteiger partial charge in [0, 0.05) is 34.8 Å². The summed E-state index contributed by atoms with van der Waals surface area (Å²) >= 11 is 2.67. The highest BCUT2D eigenvalue weighted by Gasteiger charge is 2.15. The third kappa shape index (κ3) is 4.39. The average molecular weight is 440 g/mol. The summed E-state index contributed by atoms with van der Waals surface area (Å²) in [6.45, 7) is 0. The minimum Gasteiger partial charge on any atom is -0.497 e. The SMILES string of the molecule is COc1ccc(Nc2nc(C(=O)Nc3nc(-c4cccnc4)cs3)cs2)c(OC)c1. The topological polar surface area (TPSA) is 98.3 Å². The van der Waals surface area contributed by atoms with Crippen LogP contribution in [0.3, 0.4) is 0 Å². The molecule has 0 saturated carbocycles. The second-order valence-electron chi connectivity index (χ2n) is 5.96. The van der Waals surface area contributed by atoms with Crippen LogP contribution in [0.4, 0.5) is 16.0 Å². The molecular formula is C20H17N5O3S2. The Morgan fingerprint density at radius 1 is 1.03 bits per heavy atom. The summed E-state index contributed by atoms with van der Waals surface area (Å²) in [5, 5.41) is 10.6. The van der Waals surface area contributed by atoms with Gasteiger partial charge in [-0.3, -0.25) is 15.1 Å². The largest absolute Gasteiger partial charge is 0.497 e. The van der Waals surface area contributed by atoms with E-state index in [2.05, 4.69) is 25.6 Å². The van der Waals surface area contributed by atoms with Crippen molar-refractivity contribution in [3.8, 4) is 22.8 Å². The predicted octanol–water partition coefficient (Wildman–Crippen LogP) is 4.67. The summed E-state index contributed by atoms with van der Waals surface area (Å²) in [6.07, 6.45) is 3.43. The third-order valence-electron chi connectivity index (χ3n) is 4.07. The second kappa shape index (κ2) is 8.89. The Morgan fingerprint density at radius 2 is 1.90 bits per heavy atom. The number of amides is 1. The molecule has 2 N–H and O–H groups in total. The molecule has 4 aromatic rings. The van der Waals surface area contributed by atoms with E-state index in [4.69, 9.17) is 9.47 Å². The highest BCUT2D eigenvalue weighted by Crippen LogP contribution is 2.32. The fraction of sp³-hybridized carbons (Fsp3) is 0.100. The van der Waals surface area contributed by atoms with Crippen LogP contribution >= 0.6 is 22.7 Å². The lowest BCUT2D eigenvalue weighted by Crippen LogP contribution is -2.12. The predicted molar refractivity (Wildman–Crippen MR) is 118 cm³/mol. The van der Waals surface area contributed by atoms with E-state index in [-0.39, 0.29) is 5.91 Å². The Hall–Kier alpha value is -3.50. The number of hydrogen-bond acceptors (Lipinski definition) is 9. The Balaban J connectivity index is 1.44. The number of nitrogens with one attached hydrogen (secondary N) is 2. The van der Waals surface area contributed by atoms with Crippen molar-refractivity contribution in [3.05, 3.63) is 59.2 Å². The van der Waals surface area contributed by atoms with Gasteiger partial charge in [0.2, 0.25) is 0 Å².